The largest absolute Gasteiger partial charge is 0.376 e. The number of hydrogen-bond acceptors (Lipinski definition) is 3. The average molecular weight is 459 g/mol. The molecule has 0 saturated heterocycles. The van der Waals surface area contributed by atoms with Gasteiger partial charge >= 0.3 is 0 Å². The molecule has 3 atom stereocenters. The van der Waals surface area contributed by atoms with Gasteiger partial charge in [0.05, 0.1) is 12.7 Å². The van der Waals surface area contributed by atoms with Crippen LogP contribution in [0.4, 0.5) is 0 Å². The average Bonchev–Trinajstić information content (AvgIpc) is 2.66. The number of halogens is 2. The molecule has 6 heteroatoms. The summed E-state index contributed by atoms with van der Waals surface area (Å²) in [5.74, 6) is 0. The minimum atomic E-state index is -2.43. The molecule has 0 amide bonds. The van der Waals surface area contributed by atoms with Crippen LogP contribution in [0, 0.1) is 0 Å². The van der Waals surface area contributed by atoms with Crippen molar-refractivity contribution in [1.29, 1.82) is 0 Å². The third-order valence-electron chi connectivity index (χ3n) is 5.17. The third-order valence-corrected chi connectivity index (χ3v) is 6.29. The summed E-state index contributed by atoms with van der Waals surface area (Å²) >= 11 is 11.8. The summed E-state index contributed by atoms with van der Waals surface area (Å²) in [5.41, 5.74) is 0. The van der Waals surface area contributed by atoms with Crippen LogP contribution in [0.25, 0.3) is 0 Å². The Bertz CT molecular complexity index is 346. The predicted molar refractivity (Wildman–Crippen MR) is 125 cm³/mol. The van der Waals surface area contributed by atoms with Crippen molar-refractivity contribution in [3.8, 4) is 0 Å². The summed E-state index contributed by atoms with van der Waals surface area (Å²) in [6.45, 7) is 5.07. The van der Waals surface area contributed by atoms with E-state index in [1.807, 2.05) is 6.92 Å². The molecule has 0 radical (unpaired) electrons. The summed E-state index contributed by atoms with van der Waals surface area (Å²) < 4.78 is 21.5. The van der Waals surface area contributed by atoms with Crippen LogP contribution >= 0.6 is 30.2 Å². The lowest BCUT2D eigenvalue weighted by atomic mass is 10.0. The van der Waals surface area contributed by atoms with Gasteiger partial charge in [-0.25, -0.2) is 0 Å². The highest BCUT2D eigenvalue weighted by Gasteiger charge is 2.16. The summed E-state index contributed by atoms with van der Waals surface area (Å²) in [6, 6.07) is 0. The predicted octanol–water partition coefficient (Wildman–Crippen LogP) is 8.91. The summed E-state index contributed by atoms with van der Waals surface area (Å²) in [4.78, 5) is 0. The fourth-order valence-electron chi connectivity index (χ4n) is 3.54. The van der Waals surface area contributed by atoms with E-state index < -0.39 is 7.38 Å². The first kappa shape index (κ1) is 28.7. The molecule has 0 spiro atoms. The van der Waals surface area contributed by atoms with Crippen LogP contribution in [0.2, 0.25) is 0 Å². The standard InChI is InChI=1S/C22H45Cl2O3P/c1-3-5-6-7-8-9-10-11-12-13-14-15-16-17-18-21(23)19-22(26-4-2)20-27-28(24)25/h21-22,28H,3-20H2,1-2H3. The number of ether oxygens (including phenoxy) is 1. The van der Waals surface area contributed by atoms with Crippen molar-refractivity contribution in [2.45, 2.75) is 128 Å². The van der Waals surface area contributed by atoms with Gasteiger partial charge in [-0.05, 0) is 31.0 Å². The van der Waals surface area contributed by atoms with Crippen molar-refractivity contribution in [2.75, 3.05) is 13.2 Å². The molecule has 0 aromatic carbocycles. The Morgan fingerprint density at radius 2 is 1.25 bits per heavy atom. The number of alkyl halides is 1. The second-order valence-electron chi connectivity index (χ2n) is 7.84. The summed E-state index contributed by atoms with van der Waals surface area (Å²) in [6.07, 6.45) is 20.7. The van der Waals surface area contributed by atoms with Crippen molar-refractivity contribution in [3.05, 3.63) is 0 Å². The van der Waals surface area contributed by atoms with Crippen molar-refractivity contribution in [3.63, 3.8) is 0 Å². The molecule has 0 rings (SSSR count). The van der Waals surface area contributed by atoms with Crippen LogP contribution in [0.15, 0.2) is 0 Å². The highest BCUT2D eigenvalue weighted by molar-refractivity contribution is 7.69. The van der Waals surface area contributed by atoms with Crippen LogP contribution in [-0.4, -0.2) is 24.7 Å². The SMILES string of the molecule is CCCCCCCCCCCCCCCCC(Cl)CC(CO[PH](=O)Cl)OCC. The molecule has 0 N–H and O–H groups in total. The Hall–Kier alpha value is 0.730. The zero-order chi connectivity index (χ0) is 20.9. The Kier molecular flexibility index (Phi) is 23.0. The van der Waals surface area contributed by atoms with Crippen LogP contribution in [-0.2, 0) is 13.8 Å². The van der Waals surface area contributed by atoms with Crippen LogP contribution in [0.5, 0.6) is 0 Å². The first-order valence-electron chi connectivity index (χ1n) is 11.7. The van der Waals surface area contributed by atoms with E-state index >= 15 is 0 Å². The molecule has 0 aromatic rings. The third kappa shape index (κ3) is 21.4. The Morgan fingerprint density at radius 3 is 1.68 bits per heavy atom. The molecule has 3 nitrogen and oxygen atoms in total. The molecule has 170 valence electrons. The van der Waals surface area contributed by atoms with E-state index in [0.29, 0.717) is 6.61 Å². The second-order valence-corrected chi connectivity index (χ2v) is 10.2. The highest BCUT2D eigenvalue weighted by Crippen LogP contribution is 2.29. The fourth-order valence-corrected chi connectivity index (χ4v) is 4.40. The lowest BCUT2D eigenvalue weighted by Crippen LogP contribution is -2.22. The molecule has 3 unspecified atom stereocenters. The minimum absolute atomic E-state index is 0.0788. The van der Waals surface area contributed by atoms with E-state index in [9.17, 15) is 4.57 Å². The van der Waals surface area contributed by atoms with Gasteiger partial charge in [-0.2, -0.15) is 0 Å². The molecule has 0 aromatic heterocycles. The Balaban J connectivity index is 3.43. The monoisotopic (exact) mass is 458 g/mol. The van der Waals surface area contributed by atoms with Crippen LogP contribution in [0.1, 0.15) is 117 Å². The van der Waals surface area contributed by atoms with Gasteiger partial charge in [-0.1, -0.05) is 96.8 Å². The highest BCUT2D eigenvalue weighted by atomic mass is 35.7. The van der Waals surface area contributed by atoms with Crippen LogP contribution < -0.4 is 0 Å². The van der Waals surface area contributed by atoms with Gasteiger partial charge in [0.2, 0.25) is 0 Å². The molecule has 0 fully saturated rings. The van der Waals surface area contributed by atoms with Gasteiger partial charge in [-0.15, -0.1) is 11.6 Å². The molecular formula is C22H45Cl2O3P. The van der Waals surface area contributed by atoms with Crippen molar-refractivity contribution < 1.29 is 13.8 Å². The van der Waals surface area contributed by atoms with Crippen molar-refractivity contribution in [2.24, 2.45) is 0 Å². The maximum Gasteiger partial charge on any atom is 0.278 e. The molecule has 0 heterocycles. The second kappa shape index (κ2) is 22.4. The lowest BCUT2D eigenvalue weighted by Gasteiger charge is -2.19. The minimum Gasteiger partial charge on any atom is -0.376 e. The van der Waals surface area contributed by atoms with E-state index in [2.05, 4.69) is 6.92 Å². The number of unbranched alkanes of at least 4 members (excludes halogenated alkanes) is 13. The maximum absolute atomic E-state index is 10.9. The topological polar surface area (TPSA) is 35.5 Å². The van der Waals surface area contributed by atoms with Gasteiger partial charge in [-0.3, -0.25) is 4.57 Å². The van der Waals surface area contributed by atoms with E-state index in [4.69, 9.17) is 32.1 Å². The number of rotatable bonds is 22. The number of hydrogen-bond donors (Lipinski definition) is 0. The van der Waals surface area contributed by atoms with Crippen molar-refractivity contribution >= 4 is 30.2 Å². The summed E-state index contributed by atoms with van der Waals surface area (Å²) in [7, 11) is -2.43. The van der Waals surface area contributed by atoms with Gasteiger partial charge in [0.25, 0.3) is 7.38 Å². The first-order chi connectivity index (χ1) is 13.6. The van der Waals surface area contributed by atoms with E-state index in [1.165, 1.54) is 83.5 Å². The van der Waals surface area contributed by atoms with Crippen LogP contribution in [0.3, 0.4) is 0 Å². The van der Waals surface area contributed by atoms with Gasteiger partial charge in [0, 0.05) is 12.0 Å². The van der Waals surface area contributed by atoms with E-state index in [0.717, 1.165) is 19.3 Å². The van der Waals surface area contributed by atoms with Gasteiger partial charge in [0.15, 0.2) is 0 Å². The van der Waals surface area contributed by atoms with E-state index in [1.54, 1.807) is 0 Å². The molecule has 0 aliphatic rings. The fraction of sp³-hybridized carbons (Fsp3) is 1.00. The van der Waals surface area contributed by atoms with E-state index in [-0.39, 0.29) is 18.1 Å². The van der Waals surface area contributed by atoms with Gasteiger partial charge < -0.3 is 9.26 Å². The first-order valence-corrected chi connectivity index (χ1v) is 14.4. The molecule has 28 heavy (non-hydrogen) atoms. The Labute approximate surface area is 185 Å². The molecular weight excluding hydrogens is 414 g/mol. The maximum atomic E-state index is 10.9. The molecule has 0 saturated carbocycles. The molecule has 0 bridgehead atoms. The zero-order valence-corrected chi connectivity index (χ0v) is 20.9. The smallest absolute Gasteiger partial charge is 0.278 e. The molecule has 0 aliphatic carbocycles. The Morgan fingerprint density at radius 1 is 0.786 bits per heavy atom. The van der Waals surface area contributed by atoms with Crippen molar-refractivity contribution in [1.82, 2.24) is 0 Å². The van der Waals surface area contributed by atoms with Gasteiger partial charge in [0.1, 0.15) is 0 Å². The molecule has 0 aliphatic heterocycles. The normalized spacial score (nSPS) is 14.9. The zero-order valence-electron chi connectivity index (χ0n) is 18.4. The lowest BCUT2D eigenvalue weighted by molar-refractivity contribution is 0.0243. The quantitative estimate of drug-likeness (QED) is 0.0921. The summed E-state index contributed by atoms with van der Waals surface area (Å²) in [5, 5.41) is 0.0788.